The number of benzene rings is 2. The van der Waals surface area contributed by atoms with Crippen molar-refractivity contribution < 1.29 is 4.79 Å². The lowest BCUT2D eigenvalue weighted by Gasteiger charge is -2.18. The van der Waals surface area contributed by atoms with Crippen molar-refractivity contribution >= 4 is 11.7 Å². The van der Waals surface area contributed by atoms with Gasteiger partial charge in [-0.1, -0.05) is 60.7 Å². The van der Waals surface area contributed by atoms with Gasteiger partial charge >= 0.3 is 0 Å². The van der Waals surface area contributed by atoms with E-state index in [4.69, 9.17) is 0 Å². The third-order valence-electron chi connectivity index (χ3n) is 4.78. The highest BCUT2D eigenvalue weighted by molar-refractivity contribution is 5.87. The molecule has 2 aromatic heterocycles. The summed E-state index contributed by atoms with van der Waals surface area (Å²) in [4.78, 5) is 13.0. The molecule has 0 aliphatic heterocycles. The van der Waals surface area contributed by atoms with Gasteiger partial charge in [-0.2, -0.15) is 0 Å². The third kappa shape index (κ3) is 4.72. The van der Waals surface area contributed by atoms with Crippen LogP contribution in [0.5, 0.6) is 0 Å². The van der Waals surface area contributed by atoms with E-state index in [9.17, 15) is 4.79 Å². The first-order valence-corrected chi connectivity index (χ1v) is 9.90. The molecule has 6 nitrogen and oxygen atoms in total. The minimum Gasteiger partial charge on any atom is -0.367 e. The summed E-state index contributed by atoms with van der Waals surface area (Å²) in [6.07, 6.45) is 3.84. The predicted molar refractivity (Wildman–Crippen MR) is 118 cm³/mol. The van der Waals surface area contributed by atoms with Gasteiger partial charge in [-0.15, -0.1) is 10.2 Å². The van der Waals surface area contributed by atoms with Crippen LogP contribution in [-0.4, -0.2) is 33.8 Å². The molecule has 0 bridgehead atoms. The molecule has 0 fully saturated rings. The van der Waals surface area contributed by atoms with Crippen LogP contribution < -0.4 is 10.6 Å². The predicted octanol–water partition coefficient (Wildman–Crippen LogP) is 3.63. The van der Waals surface area contributed by atoms with Gasteiger partial charge in [0.15, 0.2) is 5.82 Å². The maximum atomic E-state index is 13.0. The van der Waals surface area contributed by atoms with Crippen LogP contribution >= 0.6 is 0 Å². The Labute approximate surface area is 175 Å². The Morgan fingerprint density at radius 2 is 1.40 bits per heavy atom. The van der Waals surface area contributed by atoms with Crippen molar-refractivity contribution in [3.63, 3.8) is 0 Å². The zero-order valence-electron chi connectivity index (χ0n) is 16.5. The molecule has 0 saturated carbocycles. The van der Waals surface area contributed by atoms with Crippen LogP contribution in [-0.2, 0) is 4.79 Å². The second kappa shape index (κ2) is 9.52. The number of hydrogen-bond acceptors (Lipinski definition) is 4. The van der Waals surface area contributed by atoms with Crippen LogP contribution in [0.2, 0.25) is 0 Å². The largest absolute Gasteiger partial charge is 0.367 e. The molecule has 150 valence electrons. The van der Waals surface area contributed by atoms with Crippen LogP contribution in [0.25, 0.3) is 5.82 Å². The van der Waals surface area contributed by atoms with Crippen molar-refractivity contribution in [2.24, 2.45) is 0 Å². The number of aromatic nitrogens is 3. The van der Waals surface area contributed by atoms with Crippen molar-refractivity contribution in [3.05, 3.63) is 108 Å². The van der Waals surface area contributed by atoms with Crippen LogP contribution in [0, 0.1) is 0 Å². The second-order valence-electron chi connectivity index (χ2n) is 6.84. The first-order valence-electron chi connectivity index (χ1n) is 9.90. The molecular formula is C24H23N5O. The van der Waals surface area contributed by atoms with Crippen LogP contribution in [0.4, 0.5) is 5.82 Å². The average molecular weight is 397 g/mol. The van der Waals surface area contributed by atoms with Gasteiger partial charge < -0.3 is 15.2 Å². The SMILES string of the molecule is O=C(NCCNc1ccc(-n2cccc2)nn1)C(c1ccccc1)c1ccccc1. The van der Waals surface area contributed by atoms with Gasteiger partial charge in [-0.3, -0.25) is 4.79 Å². The van der Waals surface area contributed by atoms with E-state index in [1.165, 1.54) is 0 Å². The number of amides is 1. The molecule has 0 spiro atoms. The summed E-state index contributed by atoms with van der Waals surface area (Å²) >= 11 is 0. The molecule has 0 aliphatic carbocycles. The highest BCUT2D eigenvalue weighted by Crippen LogP contribution is 2.24. The minimum absolute atomic E-state index is 0.0248. The van der Waals surface area contributed by atoms with E-state index >= 15 is 0 Å². The second-order valence-corrected chi connectivity index (χ2v) is 6.84. The van der Waals surface area contributed by atoms with E-state index < -0.39 is 0 Å². The smallest absolute Gasteiger partial charge is 0.232 e. The van der Waals surface area contributed by atoms with Crippen LogP contribution in [0.1, 0.15) is 17.0 Å². The molecule has 2 aromatic carbocycles. The van der Waals surface area contributed by atoms with Gasteiger partial charge in [0.1, 0.15) is 5.82 Å². The van der Waals surface area contributed by atoms with E-state index in [0.717, 1.165) is 16.9 Å². The Morgan fingerprint density at radius 3 is 1.97 bits per heavy atom. The quantitative estimate of drug-likeness (QED) is 0.446. The van der Waals surface area contributed by atoms with E-state index in [2.05, 4.69) is 20.8 Å². The lowest BCUT2D eigenvalue weighted by molar-refractivity contribution is -0.121. The fraction of sp³-hybridized carbons (Fsp3) is 0.125. The fourth-order valence-electron chi connectivity index (χ4n) is 3.31. The molecule has 30 heavy (non-hydrogen) atoms. The molecule has 4 aromatic rings. The maximum Gasteiger partial charge on any atom is 0.232 e. The Hall–Kier alpha value is -3.93. The Morgan fingerprint density at radius 1 is 0.767 bits per heavy atom. The third-order valence-corrected chi connectivity index (χ3v) is 4.78. The number of rotatable bonds is 8. The highest BCUT2D eigenvalue weighted by Gasteiger charge is 2.21. The molecule has 1 amide bonds. The standard InChI is InChI=1S/C24H23N5O/c30-24(23(19-9-3-1-4-10-19)20-11-5-2-6-12-20)26-16-15-25-21-13-14-22(28-27-21)29-17-7-8-18-29/h1-14,17-18,23H,15-16H2,(H,25,27)(H,26,30). The zero-order chi connectivity index (χ0) is 20.6. The van der Waals surface area contributed by atoms with Crippen molar-refractivity contribution in [1.29, 1.82) is 0 Å². The number of nitrogens with one attached hydrogen (secondary N) is 2. The number of nitrogens with zero attached hydrogens (tertiary/aromatic N) is 3. The molecule has 2 heterocycles. The van der Waals surface area contributed by atoms with E-state index in [1.54, 1.807) is 0 Å². The first-order chi connectivity index (χ1) is 14.8. The minimum atomic E-state index is -0.340. The summed E-state index contributed by atoms with van der Waals surface area (Å²) in [5.41, 5.74) is 1.95. The van der Waals surface area contributed by atoms with Gasteiger partial charge in [-0.25, -0.2) is 0 Å². The molecule has 0 radical (unpaired) electrons. The lowest BCUT2D eigenvalue weighted by Crippen LogP contribution is -2.33. The Bertz CT molecular complexity index is 1010. The highest BCUT2D eigenvalue weighted by atomic mass is 16.1. The summed E-state index contributed by atoms with van der Waals surface area (Å²) in [5, 5.41) is 14.6. The Balaban J connectivity index is 1.34. The van der Waals surface area contributed by atoms with Gasteiger partial charge in [0, 0.05) is 25.5 Å². The number of hydrogen-bond donors (Lipinski definition) is 2. The number of anilines is 1. The molecule has 2 N–H and O–H groups in total. The molecule has 0 saturated heterocycles. The molecule has 4 rings (SSSR count). The normalized spacial score (nSPS) is 10.7. The summed E-state index contributed by atoms with van der Waals surface area (Å²) in [6.45, 7) is 1.04. The summed E-state index contributed by atoms with van der Waals surface area (Å²) in [7, 11) is 0. The summed E-state index contributed by atoms with van der Waals surface area (Å²) in [5.74, 6) is 1.06. The molecule has 0 aliphatic rings. The van der Waals surface area contributed by atoms with Gasteiger partial charge in [0.05, 0.1) is 5.92 Å². The topological polar surface area (TPSA) is 71.8 Å². The summed E-state index contributed by atoms with van der Waals surface area (Å²) in [6, 6.07) is 27.3. The van der Waals surface area contributed by atoms with E-state index in [-0.39, 0.29) is 11.8 Å². The van der Waals surface area contributed by atoms with Crippen LogP contribution in [0.3, 0.4) is 0 Å². The average Bonchev–Trinajstić information content (AvgIpc) is 3.34. The van der Waals surface area contributed by atoms with Gasteiger partial charge in [0.2, 0.25) is 5.91 Å². The van der Waals surface area contributed by atoms with Gasteiger partial charge in [-0.05, 0) is 35.4 Å². The summed E-state index contributed by atoms with van der Waals surface area (Å²) < 4.78 is 1.89. The lowest BCUT2D eigenvalue weighted by atomic mass is 9.90. The molecular weight excluding hydrogens is 374 g/mol. The van der Waals surface area contributed by atoms with Crippen molar-refractivity contribution in [1.82, 2.24) is 20.1 Å². The Kier molecular flexibility index (Phi) is 6.15. The molecule has 0 atom stereocenters. The fourth-order valence-corrected chi connectivity index (χ4v) is 3.31. The first kappa shape index (κ1) is 19.4. The van der Waals surface area contributed by atoms with Crippen LogP contribution in [0.15, 0.2) is 97.3 Å². The monoisotopic (exact) mass is 397 g/mol. The van der Waals surface area contributed by atoms with Crippen molar-refractivity contribution in [2.75, 3.05) is 18.4 Å². The van der Waals surface area contributed by atoms with Gasteiger partial charge in [0.25, 0.3) is 0 Å². The maximum absolute atomic E-state index is 13.0. The zero-order valence-corrected chi connectivity index (χ0v) is 16.5. The van der Waals surface area contributed by atoms with E-state index in [1.807, 2.05) is 102 Å². The number of carbonyl (C=O) groups excluding carboxylic acids is 1. The molecule has 6 heteroatoms. The van der Waals surface area contributed by atoms with Crippen molar-refractivity contribution in [3.8, 4) is 5.82 Å². The molecule has 0 unspecified atom stereocenters. The number of carbonyl (C=O) groups is 1. The van der Waals surface area contributed by atoms with E-state index in [0.29, 0.717) is 18.9 Å². The van der Waals surface area contributed by atoms with Crippen molar-refractivity contribution in [2.45, 2.75) is 5.92 Å².